The van der Waals surface area contributed by atoms with Gasteiger partial charge in [0.2, 0.25) is 0 Å². The van der Waals surface area contributed by atoms with Crippen LogP contribution >= 0.6 is 0 Å². The van der Waals surface area contributed by atoms with E-state index in [1.807, 2.05) is 42.5 Å². The Kier molecular flexibility index (Phi) is 3.06. The van der Waals surface area contributed by atoms with Crippen molar-refractivity contribution in [2.24, 2.45) is 0 Å². The van der Waals surface area contributed by atoms with Gasteiger partial charge in [-0.3, -0.25) is 4.79 Å². The van der Waals surface area contributed by atoms with E-state index in [-0.39, 0.29) is 12.5 Å². The van der Waals surface area contributed by atoms with E-state index < -0.39 is 0 Å². The van der Waals surface area contributed by atoms with Gasteiger partial charge in [-0.15, -0.1) is 0 Å². The number of ether oxygens (including phenoxy) is 1. The minimum absolute atomic E-state index is 0.0360. The average molecular weight is 269 g/mol. The second-order valence-electron chi connectivity index (χ2n) is 4.83. The minimum Gasteiger partial charge on any atom is -0.484 e. The Hall–Kier alpha value is -2.49. The molecule has 0 aliphatic carbocycles. The largest absolute Gasteiger partial charge is 0.484 e. The van der Waals surface area contributed by atoms with E-state index in [0.717, 1.165) is 21.9 Å². The number of hydrogen-bond acceptors (Lipinski definition) is 3. The van der Waals surface area contributed by atoms with Gasteiger partial charge in [0.25, 0.3) is 5.91 Å². The molecule has 0 fully saturated rings. The molecule has 0 radical (unpaired) electrons. The fraction of sp³-hybridized carbons (Fsp3) is 0.188. The maximum absolute atomic E-state index is 11.5. The number of amides is 1. The zero-order valence-electron chi connectivity index (χ0n) is 11.4. The normalized spacial score (nSPS) is 10.9. The van der Waals surface area contributed by atoms with Crippen molar-refractivity contribution in [1.82, 2.24) is 4.90 Å². The van der Waals surface area contributed by atoms with Gasteiger partial charge in [0.05, 0.1) is 0 Å². The van der Waals surface area contributed by atoms with Crippen molar-refractivity contribution in [3.8, 4) is 5.75 Å². The topological polar surface area (TPSA) is 42.7 Å². The van der Waals surface area contributed by atoms with Crippen LogP contribution in [-0.4, -0.2) is 31.5 Å². The lowest BCUT2D eigenvalue weighted by atomic mass is 10.1. The number of likely N-dealkylation sites (N-methyl/N-ethyl adjacent to an activating group) is 1. The van der Waals surface area contributed by atoms with Crippen molar-refractivity contribution in [2.45, 2.75) is 0 Å². The Labute approximate surface area is 116 Å². The summed E-state index contributed by atoms with van der Waals surface area (Å²) in [6.07, 6.45) is 0. The summed E-state index contributed by atoms with van der Waals surface area (Å²) in [5.41, 5.74) is 1.67. The lowest BCUT2D eigenvalue weighted by Gasteiger charge is -2.11. The molecule has 3 aromatic rings. The standard InChI is InChI=1S/C16H15NO3/c1-17(2)16(18)10-19-11-7-8-15-13(9-11)12-5-3-4-6-14(12)20-15/h3-9H,10H2,1-2H3. The van der Waals surface area contributed by atoms with Crippen LogP contribution in [0.25, 0.3) is 21.9 Å². The highest BCUT2D eigenvalue weighted by molar-refractivity contribution is 6.05. The van der Waals surface area contributed by atoms with Crippen LogP contribution in [0.3, 0.4) is 0 Å². The first kappa shape index (κ1) is 12.5. The van der Waals surface area contributed by atoms with E-state index in [2.05, 4.69) is 0 Å². The highest BCUT2D eigenvalue weighted by Crippen LogP contribution is 2.31. The highest BCUT2D eigenvalue weighted by Gasteiger charge is 2.09. The Morgan fingerprint density at radius 3 is 2.65 bits per heavy atom. The number of hydrogen-bond donors (Lipinski definition) is 0. The third-order valence-corrected chi connectivity index (χ3v) is 3.21. The number of nitrogens with zero attached hydrogens (tertiary/aromatic N) is 1. The summed E-state index contributed by atoms with van der Waals surface area (Å²) in [6, 6.07) is 13.4. The summed E-state index contributed by atoms with van der Waals surface area (Å²) in [4.78, 5) is 13.0. The second-order valence-corrected chi connectivity index (χ2v) is 4.83. The van der Waals surface area contributed by atoms with Crippen molar-refractivity contribution >= 4 is 27.8 Å². The first-order valence-corrected chi connectivity index (χ1v) is 6.39. The van der Waals surface area contributed by atoms with E-state index in [1.54, 1.807) is 14.1 Å². The van der Waals surface area contributed by atoms with Crippen molar-refractivity contribution < 1.29 is 13.9 Å². The molecular formula is C16H15NO3. The van der Waals surface area contributed by atoms with Gasteiger partial charge in [0, 0.05) is 24.9 Å². The average Bonchev–Trinajstić information content (AvgIpc) is 2.82. The summed E-state index contributed by atoms with van der Waals surface area (Å²) in [5, 5.41) is 2.04. The molecule has 4 nitrogen and oxygen atoms in total. The number of para-hydroxylation sites is 1. The summed E-state index contributed by atoms with van der Waals surface area (Å²) in [7, 11) is 3.41. The predicted molar refractivity (Wildman–Crippen MR) is 77.9 cm³/mol. The van der Waals surface area contributed by atoms with Crippen molar-refractivity contribution in [3.05, 3.63) is 42.5 Å². The number of carbonyl (C=O) groups excluding carboxylic acids is 1. The molecule has 0 N–H and O–H groups in total. The lowest BCUT2D eigenvalue weighted by Crippen LogP contribution is -2.27. The van der Waals surface area contributed by atoms with Crippen molar-refractivity contribution in [3.63, 3.8) is 0 Å². The van der Waals surface area contributed by atoms with Gasteiger partial charge in [-0.25, -0.2) is 0 Å². The molecule has 20 heavy (non-hydrogen) atoms. The van der Waals surface area contributed by atoms with Gasteiger partial charge in [0.15, 0.2) is 6.61 Å². The molecule has 3 rings (SSSR count). The zero-order chi connectivity index (χ0) is 14.1. The van der Waals surface area contributed by atoms with Crippen LogP contribution in [0.4, 0.5) is 0 Å². The van der Waals surface area contributed by atoms with Gasteiger partial charge in [-0.05, 0) is 24.3 Å². The molecule has 0 atom stereocenters. The Morgan fingerprint density at radius 2 is 1.85 bits per heavy atom. The molecule has 0 unspecified atom stereocenters. The Bertz CT molecular complexity index is 774. The minimum atomic E-state index is -0.0675. The summed E-state index contributed by atoms with van der Waals surface area (Å²) in [6.45, 7) is 0.0360. The maximum atomic E-state index is 11.5. The number of carbonyl (C=O) groups is 1. The molecule has 0 bridgehead atoms. The molecule has 102 valence electrons. The van der Waals surface area contributed by atoms with Gasteiger partial charge in [-0.1, -0.05) is 18.2 Å². The van der Waals surface area contributed by atoms with Crippen LogP contribution in [0.2, 0.25) is 0 Å². The van der Waals surface area contributed by atoms with E-state index in [0.29, 0.717) is 5.75 Å². The fourth-order valence-corrected chi connectivity index (χ4v) is 2.07. The van der Waals surface area contributed by atoms with Crippen LogP contribution in [0.5, 0.6) is 5.75 Å². The fourth-order valence-electron chi connectivity index (χ4n) is 2.07. The molecule has 0 aliphatic rings. The van der Waals surface area contributed by atoms with Crippen LogP contribution < -0.4 is 4.74 Å². The summed E-state index contributed by atoms with van der Waals surface area (Å²) < 4.78 is 11.3. The first-order valence-electron chi connectivity index (χ1n) is 6.39. The molecule has 4 heteroatoms. The zero-order valence-corrected chi connectivity index (χ0v) is 11.4. The number of benzene rings is 2. The third-order valence-electron chi connectivity index (χ3n) is 3.21. The monoisotopic (exact) mass is 269 g/mol. The molecule has 2 aromatic carbocycles. The molecule has 0 saturated heterocycles. The maximum Gasteiger partial charge on any atom is 0.259 e. The number of rotatable bonds is 3. The Morgan fingerprint density at radius 1 is 1.10 bits per heavy atom. The second kappa shape index (κ2) is 4.89. The molecule has 1 heterocycles. The van der Waals surface area contributed by atoms with Gasteiger partial charge < -0.3 is 14.1 Å². The summed E-state index contributed by atoms with van der Waals surface area (Å²) in [5.74, 6) is 0.599. The van der Waals surface area contributed by atoms with E-state index in [4.69, 9.17) is 9.15 Å². The van der Waals surface area contributed by atoms with Crippen molar-refractivity contribution in [1.29, 1.82) is 0 Å². The van der Waals surface area contributed by atoms with Gasteiger partial charge in [-0.2, -0.15) is 0 Å². The van der Waals surface area contributed by atoms with Gasteiger partial charge in [0.1, 0.15) is 16.9 Å². The molecule has 1 aromatic heterocycles. The van der Waals surface area contributed by atoms with E-state index >= 15 is 0 Å². The number of fused-ring (bicyclic) bond motifs is 3. The molecular weight excluding hydrogens is 254 g/mol. The van der Waals surface area contributed by atoms with Crippen molar-refractivity contribution in [2.75, 3.05) is 20.7 Å². The molecule has 0 aliphatic heterocycles. The number of furan rings is 1. The third kappa shape index (κ3) is 2.20. The predicted octanol–water partition coefficient (Wildman–Crippen LogP) is 3.05. The van der Waals surface area contributed by atoms with Crippen LogP contribution in [0, 0.1) is 0 Å². The first-order chi connectivity index (χ1) is 9.65. The van der Waals surface area contributed by atoms with Crippen LogP contribution in [0.1, 0.15) is 0 Å². The highest BCUT2D eigenvalue weighted by atomic mass is 16.5. The van der Waals surface area contributed by atoms with Crippen LogP contribution in [0.15, 0.2) is 46.9 Å². The quantitative estimate of drug-likeness (QED) is 0.734. The SMILES string of the molecule is CN(C)C(=O)COc1ccc2oc3ccccc3c2c1. The molecule has 0 spiro atoms. The van der Waals surface area contributed by atoms with Gasteiger partial charge >= 0.3 is 0 Å². The smallest absolute Gasteiger partial charge is 0.259 e. The summed E-state index contributed by atoms with van der Waals surface area (Å²) >= 11 is 0. The van der Waals surface area contributed by atoms with E-state index in [9.17, 15) is 4.79 Å². The lowest BCUT2D eigenvalue weighted by molar-refractivity contribution is -0.130. The molecule has 0 saturated carbocycles. The van der Waals surface area contributed by atoms with E-state index in [1.165, 1.54) is 4.90 Å². The Balaban J connectivity index is 1.93. The molecule has 1 amide bonds. The van der Waals surface area contributed by atoms with Crippen LogP contribution in [-0.2, 0) is 4.79 Å².